The van der Waals surface area contributed by atoms with Crippen LogP contribution in [0.2, 0.25) is 0 Å². The van der Waals surface area contributed by atoms with E-state index in [2.05, 4.69) is 26.1 Å². The van der Waals surface area contributed by atoms with Crippen molar-refractivity contribution in [2.75, 3.05) is 0 Å². The summed E-state index contributed by atoms with van der Waals surface area (Å²) in [6.07, 6.45) is 0.120. The number of rotatable bonds is 4. The highest BCUT2D eigenvalue weighted by Crippen LogP contribution is 2.34. The number of amides is 1. The Hall–Kier alpha value is -1.34. The maximum absolute atomic E-state index is 11.8. The third-order valence-corrected chi connectivity index (χ3v) is 4.44. The van der Waals surface area contributed by atoms with E-state index in [4.69, 9.17) is 5.73 Å². The summed E-state index contributed by atoms with van der Waals surface area (Å²) in [5.41, 5.74) is 6.37. The molecule has 0 spiro atoms. The van der Waals surface area contributed by atoms with E-state index < -0.39 is 5.91 Å². The third kappa shape index (κ3) is 2.56. The lowest BCUT2D eigenvalue weighted by molar-refractivity contribution is -0.118. The second kappa shape index (κ2) is 5.11. The average Bonchev–Trinajstić information content (AvgIpc) is 2.83. The minimum absolute atomic E-state index is 0.120. The first-order valence-electron chi connectivity index (χ1n) is 5.29. The summed E-state index contributed by atoms with van der Waals surface area (Å²) in [6.45, 7) is 1.80. The van der Waals surface area contributed by atoms with Gasteiger partial charge in [0.15, 0.2) is 0 Å². The fourth-order valence-electron chi connectivity index (χ4n) is 1.94. The van der Waals surface area contributed by atoms with Crippen LogP contribution in [0.3, 0.4) is 0 Å². The van der Waals surface area contributed by atoms with Crippen molar-refractivity contribution >= 4 is 33.2 Å². The molecule has 0 radical (unpaired) electrons. The van der Waals surface area contributed by atoms with Gasteiger partial charge in [-0.15, -0.1) is 11.3 Å². The number of nitrogens with one attached hydrogen (secondary N) is 2. The van der Waals surface area contributed by atoms with Gasteiger partial charge in [-0.3, -0.25) is 14.7 Å². The van der Waals surface area contributed by atoms with Crippen LogP contribution in [0.25, 0.3) is 0 Å². The minimum Gasteiger partial charge on any atom is -0.370 e. The summed E-state index contributed by atoms with van der Waals surface area (Å²) in [5.74, 6) is -0.724. The van der Waals surface area contributed by atoms with Crippen molar-refractivity contribution in [2.24, 2.45) is 5.73 Å². The van der Waals surface area contributed by atoms with E-state index in [0.717, 1.165) is 14.4 Å². The molecule has 0 bridgehead atoms. The highest BCUT2D eigenvalue weighted by Gasteiger charge is 2.24. The van der Waals surface area contributed by atoms with Gasteiger partial charge in [-0.25, -0.2) is 0 Å². The molecule has 0 aromatic carbocycles. The van der Waals surface area contributed by atoms with Crippen molar-refractivity contribution in [3.8, 4) is 0 Å². The summed E-state index contributed by atoms with van der Waals surface area (Å²) >= 11 is 4.87. The molecule has 2 aromatic rings. The fraction of sp³-hybridized carbons (Fsp3) is 0.273. The summed E-state index contributed by atoms with van der Waals surface area (Å²) in [6, 6.07) is 3.79. The van der Waals surface area contributed by atoms with Gasteiger partial charge in [-0.1, -0.05) is 0 Å². The Morgan fingerprint density at radius 3 is 2.67 bits per heavy atom. The maximum Gasteiger partial charge on any atom is 0.268 e. The van der Waals surface area contributed by atoms with Crippen molar-refractivity contribution in [1.82, 2.24) is 10.2 Å². The van der Waals surface area contributed by atoms with Gasteiger partial charge in [0.05, 0.1) is 3.79 Å². The number of hydrogen-bond acceptors (Lipinski definition) is 3. The highest BCUT2D eigenvalue weighted by molar-refractivity contribution is 9.11. The molecule has 18 heavy (non-hydrogen) atoms. The van der Waals surface area contributed by atoms with Gasteiger partial charge in [0.2, 0.25) is 5.91 Å². The number of aromatic amines is 2. The number of aryl methyl sites for hydroxylation is 1. The van der Waals surface area contributed by atoms with Crippen molar-refractivity contribution in [1.29, 1.82) is 0 Å². The molecule has 1 atom stereocenters. The topological polar surface area (TPSA) is 91.7 Å². The number of primary amides is 1. The Labute approximate surface area is 116 Å². The molecule has 0 aliphatic carbocycles. The molecule has 96 valence electrons. The summed E-state index contributed by atoms with van der Waals surface area (Å²) < 4.78 is 0.955. The van der Waals surface area contributed by atoms with Gasteiger partial charge < -0.3 is 10.8 Å². The lowest BCUT2D eigenvalue weighted by Crippen LogP contribution is -2.20. The van der Waals surface area contributed by atoms with Crippen LogP contribution < -0.4 is 11.3 Å². The zero-order chi connectivity index (χ0) is 13.3. The van der Waals surface area contributed by atoms with Crippen LogP contribution >= 0.6 is 27.3 Å². The standard InChI is InChI=1S/C11H12BrN3O2S/c1-5-10(11(17)15-14-5)6(4-9(13)16)7-2-3-8(12)18-7/h2-3,6H,4H2,1H3,(H2,13,16)(H2,14,15,17)/t6-/m1/s1. The molecular weight excluding hydrogens is 318 g/mol. The van der Waals surface area contributed by atoms with E-state index in [9.17, 15) is 9.59 Å². The Morgan fingerprint density at radius 1 is 1.50 bits per heavy atom. The number of halogens is 1. The monoisotopic (exact) mass is 329 g/mol. The SMILES string of the molecule is Cc1[nH][nH]c(=O)c1[C@H](CC(N)=O)c1ccc(Br)s1. The van der Waals surface area contributed by atoms with E-state index in [1.54, 1.807) is 6.92 Å². The largest absolute Gasteiger partial charge is 0.370 e. The zero-order valence-corrected chi connectivity index (χ0v) is 12.0. The third-order valence-electron chi connectivity index (χ3n) is 2.70. The van der Waals surface area contributed by atoms with Gasteiger partial charge in [0.25, 0.3) is 5.56 Å². The lowest BCUT2D eigenvalue weighted by atomic mass is 9.94. The van der Waals surface area contributed by atoms with Crippen LogP contribution in [0.15, 0.2) is 20.7 Å². The van der Waals surface area contributed by atoms with Crippen LogP contribution in [-0.4, -0.2) is 16.1 Å². The van der Waals surface area contributed by atoms with Crippen LogP contribution in [-0.2, 0) is 4.79 Å². The van der Waals surface area contributed by atoms with Gasteiger partial charge in [-0.2, -0.15) is 0 Å². The summed E-state index contributed by atoms with van der Waals surface area (Å²) in [7, 11) is 0. The Morgan fingerprint density at radius 2 is 2.22 bits per heavy atom. The quantitative estimate of drug-likeness (QED) is 0.798. The first kappa shape index (κ1) is 13.1. The highest BCUT2D eigenvalue weighted by atomic mass is 79.9. The molecule has 2 rings (SSSR count). The first-order chi connectivity index (χ1) is 8.49. The Kier molecular flexibility index (Phi) is 3.72. The number of carbonyl (C=O) groups is 1. The van der Waals surface area contributed by atoms with Crippen LogP contribution in [0.5, 0.6) is 0 Å². The molecule has 0 aliphatic rings. The molecule has 2 aromatic heterocycles. The Balaban J connectivity index is 2.49. The molecular formula is C11H12BrN3O2S. The molecule has 1 amide bonds. The van der Waals surface area contributed by atoms with Crippen molar-refractivity contribution in [3.05, 3.63) is 42.4 Å². The van der Waals surface area contributed by atoms with Gasteiger partial charge in [-0.05, 0) is 35.0 Å². The molecule has 0 aliphatic heterocycles. The second-order valence-electron chi connectivity index (χ2n) is 3.98. The number of hydrogen-bond donors (Lipinski definition) is 3. The lowest BCUT2D eigenvalue weighted by Gasteiger charge is -2.11. The molecule has 5 nitrogen and oxygen atoms in total. The van der Waals surface area contributed by atoms with Gasteiger partial charge in [0, 0.05) is 28.5 Å². The summed E-state index contributed by atoms with van der Waals surface area (Å²) in [5, 5.41) is 5.30. The van der Waals surface area contributed by atoms with Crippen molar-refractivity contribution < 1.29 is 4.79 Å². The van der Waals surface area contributed by atoms with E-state index >= 15 is 0 Å². The van der Waals surface area contributed by atoms with Gasteiger partial charge >= 0.3 is 0 Å². The number of carbonyl (C=O) groups excluding carboxylic acids is 1. The number of H-pyrrole nitrogens is 2. The molecule has 0 saturated carbocycles. The molecule has 4 N–H and O–H groups in total. The summed E-state index contributed by atoms with van der Waals surface area (Å²) in [4.78, 5) is 23.9. The number of nitrogens with two attached hydrogens (primary N) is 1. The molecule has 0 unspecified atom stereocenters. The predicted octanol–water partition coefficient (Wildman–Crippen LogP) is 1.84. The van der Waals surface area contributed by atoms with Crippen molar-refractivity contribution in [2.45, 2.75) is 19.3 Å². The van der Waals surface area contributed by atoms with Crippen molar-refractivity contribution in [3.63, 3.8) is 0 Å². The molecule has 0 saturated heterocycles. The number of aromatic nitrogens is 2. The first-order valence-corrected chi connectivity index (χ1v) is 6.90. The number of thiophene rings is 1. The minimum atomic E-state index is -0.426. The van der Waals surface area contributed by atoms with Crippen LogP contribution in [0.1, 0.15) is 28.5 Å². The molecule has 0 fully saturated rings. The molecule has 7 heteroatoms. The molecule has 2 heterocycles. The van der Waals surface area contributed by atoms with Crippen LogP contribution in [0, 0.1) is 6.92 Å². The second-order valence-corrected chi connectivity index (χ2v) is 6.48. The van der Waals surface area contributed by atoms with E-state index in [-0.39, 0.29) is 17.9 Å². The Bertz CT molecular complexity index is 628. The normalized spacial score (nSPS) is 12.6. The van der Waals surface area contributed by atoms with E-state index in [1.807, 2.05) is 12.1 Å². The fourth-order valence-corrected chi connectivity index (χ4v) is 3.47. The zero-order valence-electron chi connectivity index (χ0n) is 9.62. The predicted molar refractivity (Wildman–Crippen MR) is 73.8 cm³/mol. The van der Waals surface area contributed by atoms with Crippen LogP contribution in [0.4, 0.5) is 0 Å². The van der Waals surface area contributed by atoms with E-state index in [1.165, 1.54) is 11.3 Å². The maximum atomic E-state index is 11.8. The average molecular weight is 330 g/mol. The van der Waals surface area contributed by atoms with Gasteiger partial charge in [0.1, 0.15) is 0 Å². The van der Waals surface area contributed by atoms with E-state index in [0.29, 0.717) is 5.56 Å². The smallest absolute Gasteiger partial charge is 0.268 e.